The number of hydrogen-bond acceptors (Lipinski definition) is 7. The van der Waals surface area contributed by atoms with Gasteiger partial charge in [0.05, 0.1) is 10.5 Å². The summed E-state index contributed by atoms with van der Waals surface area (Å²) < 4.78 is 2.14. The van der Waals surface area contributed by atoms with Crippen LogP contribution in [-0.4, -0.2) is 68.7 Å². The molecule has 0 aliphatic carbocycles. The zero-order chi connectivity index (χ0) is 23.5. The molecule has 33 heavy (non-hydrogen) atoms. The number of unbranched alkanes of at least 4 members (excludes halogenated alkanes) is 2. The molecule has 0 unspecified atom stereocenters. The summed E-state index contributed by atoms with van der Waals surface area (Å²) in [7, 11) is 0. The van der Waals surface area contributed by atoms with Crippen LogP contribution in [0.4, 0.5) is 5.82 Å². The Balaban J connectivity index is 1.76. The van der Waals surface area contributed by atoms with Crippen LogP contribution < -0.4 is 10.5 Å². The first-order valence-electron chi connectivity index (χ1n) is 11.7. The molecular weight excluding hydrogens is 454 g/mol. The Kier molecular flexibility index (Phi) is 7.51. The molecule has 9 heteroatoms. The lowest BCUT2D eigenvalue weighted by Crippen LogP contribution is -2.47. The summed E-state index contributed by atoms with van der Waals surface area (Å²) in [6.07, 6.45) is 6.51. The molecule has 2 saturated heterocycles. The fourth-order valence-corrected chi connectivity index (χ4v) is 5.58. The van der Waals surface area contributed by atoms with Crippen LogP contribution in [-0.2, 0) is 4.79 Å². The number of nitrogens with zero attached hydrogens (tertiary/aromatic N) is 5. The number of piperazine rings is 1. The normalized spacial score (nSPS) is 18.8. The first kappa shape index (κ1) is 23.9. The van der Waals surface area contributed by atoms with Gasteiger partial charge in [0.15, 0.2) is 0 Å². The van der Waals surface area contributed by atoms with Crippen LogP contribution in [0.25, 0.3) is 11.7 Å². The van der Waals surface area contributed by atoms with Gasteiger partial charge in [0.2, 0.25) is 0 Å². The van der Waals surface area contributed by atoms with E-state index in [4.69, 9.17) is 17.2 Å². The zero-order valence-corrected chi connectivity index (χ0v) is 21.2. The van der Waals surface area contributed by atoms with E-state index in [1.165, 1.54) is 11.8 Å². The van der Waals surface area contributed by atoms with Crippen LogP contribution >= 0.6 is 24.0 Å². The SMILES string of the molecule is CCCCCN1C(=O)/C(=C\c2c(N3CCN(CC)CC3)nc3c(C)cccn3c2=O)SC1=S. The lowest BCUT2D eigenvalue weighted by Gasteiger charge is -2.35. The van der Waals surface area contributed by atoms with Gasteiger partial charge < -0.3 is 9.80 Å². The molecule has 0 N–H and O–H groups in total. The fraction of sp³-hybridized carbons (Fsp3) is 0.500. The number of carbonyl (C=O) groups excluding carboxylic acids is 1. The summed E-state index contributed by atoms with van der Waals surface area (Å²) in [5.41, 5.74) is 1.89. The van der Waals surface area contributed by atoms with E-state index < -0.39 is 0 Å². The third-order valence-corrected chi connectivity index (χ3v) is 7.70. The van der Waals surface area contributed by atoms with E-state index in [1.54, 1.807) is 21.6 Å². The van der Waals surface area contributed by atoms with E-state index in [0.29, 0.717) is 32.8 Å². The summed E-state index contributed by atoms with van der Waals surface area (Å²) >= 11 is 6.76. The average molecular weight is 486 g/mol. The minimum Gasteiger partial charge on any atom is -0.353 e. The van der Waals surface area contributed by atoms with Gasteiger partial charge in [0, 0.05) is 38.9 Å². The van der Waals surface area contributed by atoms with Crippen LogP contribution in [0.5, 0.6) is 0 Å². The Labute approximate surface area is 204 Å². The Morgan fingerprint density at radius 3 is 2.61 bits per heavy atom. The maximum atomic E-state index is 13.6. The highest BCUT2D eigenvalue weighted by molar-refractivity contribution is 8.26. The largest absolute Gasteiger partial charge is 0.353 e. The van der Waals surface area contributed by atoms with Crippen molar-refractivity contribution in [3.8, 4) is 0 Å². The Morgan fingerprint density at radius 1 is 1.15 bits per heavy atom. The highest BCUT2D eigenvalue weighted by atomic mass is 32.2. The monoisotopic (exact) mass is 485 g/mol. The molecule has 2 aromatic rings. The Bertz CT molecular complexity index is 1150. The highest BCUT2D eigenvalue weighted by Gasteiger charge is 2.32. The van der Waals surface area contributed by atoms with Gasteiger partial charge in [0.25, 0.3) is 11.5 Å². The molecule has 0 spiro atoms. The first-order valence-corrected chi connectivity index (χ1v) is 12.9. The van der Waals surface area contributed by atoms with E-state index in [9.17, 15) is 9.59 Å². The van der Waals surface area contributed by atoms with Crippen LogP contribution in [0.3, 0.4) is 0 Å². The first-order chi connectivity index (χ1) is 15.9. The second-order valence-electron chi connectivity index (χ2n) is 8.50. The molecular formula is C24H31N5O2S2. The smallest absolute Gasteiger partial charge is 0.267 e. The lowest BCUT2D eigenvalue weighted by atomic mass is 10.2. The van der Waals surface area contributed by atoms with E-state index >= 15 is 0 Å². The molecule has 2 aliphatic rings. The molecule has 1 amide bonds. The number of amides is 1. The molecule has 0 aromatic carbocycles. The van der Waals surface area contributed by atoms with Crippen molar-refractivity contribution in [3.05, 3.63) is 44.7 Å². The van der Waals surface area contributed by atoms with Crippen molar-refractivity contribution in [1.82, 2.24) is 19.2 Å². The second-order valence-corrected chi connectivity index (χ2v) is 10.2. The second kappa shape index (κ2) is 10.4. The molecule has 0 bridgehead atoms. The summed E-state index contributed by atoms with van der Waals surface area (Å²) in [5, 5.41) is 0. The summed E-state index contributed by atoms with van der Waals surface area (Å²) in [6, 6.07) is 3.81. The van der Waals surface area contributed by atoms with Gasteiger partial charge in [-0.05, 0) is 37.6 Å². The van der Waals surface area contributed by atoms with Crippen LogP contribution in [0, 0.1) is 6.92 Å². The van der Waals surface area contributed by atoms with Gasteiger partial charge in [-0.1, -0.05) is 56.7 Å². The average Bonchev–Trinajstić information content (AvgIpc) is 3.09. The number of pyridine rings is 1. The van der Waals surface area contributed by atoms with Gasteiger partial charge in [0.1, 0.15) is 15.8 Å². The molecule has 0 atom stereocenters. The van der Waals surface area contributed by atoms with Crippen molar-refractivity contribution in [3.63, 3.8) is 0 Å². The molecule has 2 aromatic heterocycles. The number of thioether (sulfide) groups is 1. The number of thiocarbonyl (C=S) groups is 1. The minimum atomic E-state index is -0.159. The molecule has 2 aliphatic heterocycles. The van der Waals surface area contributed by atoms with Crippen molar-refractivity contribution in [2.75, 3.05) is 44.2 Å². The molecule has 0 radical (unpaired) electrons. The van der Waals surface area contributed by atoms with Gasteiger partial charge in [-0.3, -0.25) is 18.9 Å². The fourth-order valence-electron chi connectivity index (χ4n) is 4.29. The van der Waals surface area contributed by atoms with Crippen molar-refractivity contribution in [2.45, 2.75) is 40.0 Å². The third-order valence-electron chi connectivity index (χ3n) is 6.32. The number of rotatable bonds is 7. The number of hydrogen-bond donors (Lipinski definition) is 0. The molecule has 0 saturated carbocycles. The number of carbonyl (C=O) groups is 1. The summed E-state index contributed by atoms with van der Waals surface area (Å²) in [4.78, 5) is 38.4. The number of aromatic nitrogens is 2. The summed E-state index contributed by atoms with van der Waals surface area (Å²) in [6.45, 7) is 11.3. The van der Waals surface area contributed by atoms with Crippen LogP contribution in [0.2, 0.25) is 0 Å². The van der Waals surface area contributed by atoms with Gasteiger partial charge in [-0.2, -0.15) is 0 Å². The number of likely N-dealkylation sites (N-methyl/N-ethyl adjacent to an activating group) is 1. The predicted octanol–water partition coefficient (Wildman–Crippen LogP) is 3.54. The minimum absolute atomic E-state index is 0.114. The Hall–Kier alpha value is -2.23. The summed E-state index contributed by atoms with van der Waals surface area (Å²) in [5.74, 6) is 0.540. The quantitative estimate of drug-likeness (QED) is 0.338. The lowest BCUT2D eigenvalue weighted by molar-refractivity contribution is -0.122. The Morgan fingerprint density at radius 2 is 1.91 bits per heavy atom. The van der Waals surface area contributed by atoms with E-state index in [0.717, 1.165) is 57.5 Å². The van der Waals surface area contributed by atoms with Crippen LogP contribution in [0.15, 0.2) is 28.0 Å². The molecule has 7 nitrogen and oxygen atoms in total. The maximum Gasteiger partial charge on any atom is 0.267 e. The van der Waals surface area contributed by atoms with E-state index in [-0.39, 0.29) is 11.5 Å². The third kappa shape index (κ3) is 4.85. The molecule has 2 fully saturated rings. The topological polar surface area (TPSA) is 61.2 Å². The van der Waals surface area contributed by atoms with Crippen LogP contribution in [0.1, 0.15) is 44.2 Å². The van der Waals surface area contributed by atoms with Crippen molar-refractivity contribution in [2.24, 2.45) is 0 Å². The van der Waals surface area contributed by atoms with E-state index in [2.05, 4.69) is 23.6 Å². The van der Waals surface area contributed by atoms with Gasteiger partial charge >= 0.3 is 0 Å². The number of anilines is 1. The highest BCUT2D eigenvalue weighted by Crippen LogP contribution is 2.34. The standard InChI is InChI=1S/C24H31N5O2S2/c1-4-6-7-10-29-23(31)19(33-24(29)32)16-18-21(27-14-12-26(5-2)13-15-27)25-20-17(3)9-8-11-28(20)22(18)30/h8-9,11,16H,4-7,10,12-15H2,1-3H3/b19-16+. The molecule has 4 rings (SSSR count). The van der Waals surface area contributed by atoms with Crippen molar-refractivity contribution >= 4 is 51.7 Å². The zero-order valence-electron chi connectivity index (χ0n) is 19.5. The van der Waals surface area contributed by atoms with Gasteiger partial charge in [-0.15, -0.1) is 0 Å². The van der Waals surface area contributed by atoms with Crippen molar-refractivity contribution in [1.29, 1.82) is 0 Å². The van der Waals surface area contributed by atoms with E-state index in [1.807, 2.05) is 19.1 Å². The molecule has 4 heterocycles. The number of fused-ring (bicyclic) bond motifs is 1. The molecule has 176 valence electrons. The maximum absolute atomic E-state index is 13.6. The predicted molar refractivity (Wildman–Crippen MR) is 140 cm³/mol. The van der Waals surface area contributed by atoms with Gasteiger partial charge in [-0.25, -0.2) is 4.98 Å². The van der Waals surface area contributed by atoms with Crippen molar-refractivity contribution < 1.29 is 4.79 Å². The number of aryl methyl sites for hydroxylation is 1.